The molecule has 2 amide bonds. The molecule has 1 aliphatic rings. The van der Waals surface area contributed by atoms with Gasteiger partial charge in [-0.3, -0.25) is 14.5 Å². The lowest BCUT2D eigenvalue weighted by Gasteiger charge is -2.27. The zero-order chi connectivity index (χ0) is 29.6. The first-order valence-corrected chi connectivity index (χ1v) is 15.5. The van der Waals surface area contributed by atoms with Crippen LogP contribution in [0.3, 0.4) is 0 Å². The Kier molecular flexibility index (Phi) is 9.64. The molecule has 2 heterocycles. The lowest BCUT2D eigenvalue weighted by molar-refractivity contribution is -0.115. The Balaban J connectivity index is 1.26. The number of anilines is 2. The number of benzene rings is 3. The van der Waals surface area contributed by atoms with Crippen molar-refractivity contribution in [2.45, 2.75) is 36.6 Å². The maximum atomic E-state index is 13.3. The van der Waals surface area contributed by atoms with E-state index in [9.17, 15) is 14.4 Å². The average Bonchev–Trinajstić information content (AvgIpc) is 3.34. The number of nitrogens with one attached hydrogen (secondary N) is 2. The monoisotopic (exact) mass is 619 g/mol. The van der Waals surface area contributed by atoms with Crippen LogP contribution in [0.2, 0.25) is 5.02 Å². The van der Waals surface area contributed by atoms with Gasteiger partial charge in [-0.2, -0.15) is 0 Å². The second-order valence-corrected chi connectivity index (χ2v) is 12.8. The Labute approximate surface area is 258 Å². The number of thiophene rings is 1. The summed E-state index contributed by atoms with van der Waals surface area (Å²) in [5.74, 6) is -0.939. The summed E-state index contributed by atoms with van der Waals surface area (Å²) < 4.78 is 5.10. The van der Waals surface area contributed by atoms with Crippen LogP contribution < -0.4 is 10.6 Å². The molecule has 7 nitrogen and oxygen atoms in total. The summed E-state index contributed by atoms with van der Waals surface area (Å²) in [5, 5.41) is 6.41. The summed E-state index contributed by atoms with van der Waals surface area (Å²) in [6.07, 6.45) is 0.705. The molecule has 0 saturated heterocycles. The van der Waals surface area contributed by atoms with E-state index in [1.807, 2.05) is 43.3 Å². The molecule has 4 aromatic rings. The van der Waals surface area contributed by atoms with E-state index in [0.29, 0.717) is 39.8 Å². The van der Waals surface area contributed by atoms with Crippen LogP contribution in [0.1, 0.15) is 43.6 Å². The van der Waals surface area contributed by atoms with Crippen molar-refractivity contribution in [1.82, 2.24) is 4.90 Å². The summed E-state index contributed by atoms with van der Waals surface area (Å²) >= 11 is 8.82. The summed E-state index contributed by atoms with van der Waals surface area (Å²) in [5.41, 5.74) is 3.70. The maximum Gasteiger partial charge on any atom is 0.341 e. The van der Waals surface area contributed by atoms with Crippen LogP contribution in [-0.2, 0) is 29.0 Å². The topological polar surface area (TPSA) is 87.7 Å². The van der Waals surface area contributed by atoms with Gasteiger partial charge in [0.1, 0.15) is 5.00 Å². The van der Waals surface area contributed by atoms with E-state index in [1.165, 1.54) is 35.8 Å². The van der Waals surface area contributed by atoms with Crippen molar-refractivity contribution < 1.29 is 19.1 Å². The minimum absolute atomic E-state index is 0.224. The van der Waals surface area contributed by atoms with Crippen LogP contribution in [0.5, 0.6) is 0 Å². The fourth-order valence-electron chi connectivity index (χ4n) is 4.79. The molecule has 1 aliphatic heterocycles. The predicted molar refractivity (Wildman–Crippen MR) is 170 cm³/mol. The van der Waals surface area contributed by atoms with Crippen LogP contribution in [0.25, 0.3) is 0 Å². The normalized spacial score (nSPS) is 13.6. The highest BCUT2D eigenvalue weighted by Gasteiger charge is 2.30. The molecule has 216 valence electrons. The number of fused-ring (bicyclic) bond motifs is 1. The van der Waals surface area contributed by atoms with Crippen LogP contribution in [0, 0.1) is 0 Å². The second kappa shape index (κ2) is 13.6. The predicted octanol–water partition coefficient (Wildman–Crippen LogP) is 7.12. The van der Waals surface area contributed by atoms with Crippen molar-refractivity contribution in [2.75, 3.05) is 24.3 Å². The SMILES string of the molecule is COC(=O)c1c(NC(=O)C(C)Sc2cccc(NC(=O)c3cccc(Cl)c3)c2)sc2c1CCN(Cc1ccccc1)C2. The number of carbonyl (C=O) groups excluding carboxylic acids is 3. The highest BCUT2D eigenvalue weighted by molar-refractivity contribution is 8.00. The third-order valence-corrected chi connectivity index (χ3v) is 9.33. The molecule has 10 heteroatoms. The van der Waals surface area contributed by atoms with Gasteiger partial charge in [-0.15, -0.1) is 23.1 Å². The van der Waals surface area contributed by atoms with Gasteiger partial charge in [0.15, 0.2) is 0 Å². The number of hydrogen-bond donors (Lipinski definition) is 2. The van der Waals surface area contributed by atoms with Gasteiger partial charge >= 0.3 is 5.97 Å². The Morgan fingerprint density at radius 2 is 1.81 bits per heavy atom. The summed E-state index contributed by atoms with van der Waals surface area (Å²) in [4.78, 5) is 43.0. The number of halogens is 1. The maximum absolute atomic E-state index is 13.3. The van der Waals surface area contributed by atoms with Gasteiger partial charge in [0.25, 0.3) is 5.91 Å². The number of ether oxygens (including phenoxy) is 1. The van der Waals surface area contributed by atoms with E-state index in [-0.39, 0.29) is 11.8 Å². The fourth-order valence-corrected chi connectivity index (χ4v) is 7.19. The first kappa shape index (κ1) is 29.8. The lowest BCUT2D eigenvalue weighted by atomic mass is 10.0. The molecule has 1 atom stereocenters. The minimum Gasteiger partial charge on any atom is -0.465 e. The Bertz CT molecular complexity index is 1610. The van der Waals surface area contributed by atoms with Gasteiger partial charge in [-0.05, 0) is 60.9 Å². The molecule has 0 spiro atoms. The Morgan fingerprint density at radius 1 is 1.02 bits per heavy atom. The smallest absolute Gasteiger partial charge is 0.341 e. The molecule has 1 unspecified atom stereocenters. The molecule has 3 aromatic carbocycles. The number of thioether (sulfide) groups is 1. The number of nitrogens with zero attached hydrogens (tertiary/aromatic N) is 1. The zero-order valence-corrected chi connectivity index (χ0v) is 25.6. The third kappa shape index (κ3) is 7.22. The Morgan fingerprint density at radius 3 is 2.57 bits per heavy atom. The zero-order valence-electron chi connectivity index (χ0n) is 23.2. The fraction of sp³-hybridized carbons (Fsp3) is 0.219. The van der Waals surface area contributed by atoms with Gasteiger partial charge in [0.05, 0.1) is 17.9 Å². The highest BCUT2D eigenvalue weighted by Crippen LogP contribution is 2.38. The second-order valence-electron chi connectivity index (χ2n) is 9.89. The molecule has 5 rings (SSSR count). The average molecular weight is 620 g/mol. The van der Waals surface area contributed by atoms with Gasteiger partial charge in [0, 0.05) is 45.7 Å². The molecule has 0 aliphatic carbocycles. The van der Waals surface area contributed by atoms with Crippen LogP contribution in [0.15, 0.2) is 83.8 Å². The first-order chi connectivity index (χ1) is 20.3. The largest absolute Gasteiger partial charge is 0.465 e. The lowest BCUT2D eigenvalue weighted by Crippen LogP contribution is -2.29. The number of methoxy groups -OCH3 is 1. The first-order valence-electron chi connectivity index (χ1n) is 13.4. The van der Waals surface area contributed by atoms with Gasteiger partial charge in [0.2, 0.25) is 5.91 Å². The molecular formula is C32H30ClN3O4S2. The minimum atomic E-state index is -0.469. The number of hydrogen-bond acceptors (Lipinski definition) is 7. The van der Waals surface area contributed by atoms with Crippen LogP contribution in [-0.4, -0.2) is 41.6 Å². The molecule has 0 saturated carbocycles. The number of carbonyl (C=O) groups is 3. The van der Waals surface area contributed by atoms with Crippen LogP contribution >= 0.6 is 34.7 Å². The van der Waals surface area contributed by atoms with Crippen molar-refractivity contribution in [3.63, 3.8) is 0 Å². The third-order valence-electron chi connectivity index (χ3n) is 6.87. The van der Waals surface area contributed by atoms with Crippen LogP contribution in [0.4, 0.5) is 10.7 Å². The van der Waals surface area contributed by atoms with Crippen molar-refractivity contribution in [2.24, 2.45) is 0 Å². The summed E-state index contributed by atoms with van der Waals surface area (Å²) in [6, 6.07) is 24.3. The van der Waals surface area contributed by atoms with Crippen molar-refractivity contribution in [1.29, 1.82) is 0 Å². The van der Waals surface area contributed by atoms with Crippen molar-refractivity contribution >= 4 is 63.2 Å². The molecule has 2 N–H and O–H groups in total. The van der Waals surface area contributed by atoms with E-state index in [0.717, 1.165) is 28.4 Å². The van der Waals surface area contributed by atoms with E-state index < -0.39 is 11.2 Å². The Hall–Kier alpha value is -3.63. The number of amides is 2. The summed E-state index contributed by atoms with van der Waals surface area (Å²) in [6.45, 7) is 4.14. The van der Waals surface area contributed by atoms with E-state index in [4.69, 9.17) is 16.3 Å². The van der Waals surface area contributed by atoms with E-state index >= 15 is 0 Å². The van der Waals surface area contributed by atoms with Crippen molar-refractivity contribution in [3.8, 4) is 0 Å². The molecule has 0 fully saturated rings. The molecule has 1 aromatic heterocycles. The standard InChI is InChI=1S/C32H30ClN3O4S2/c1-20(41-25-13-7-12-24(17-25)34-30(38)22-10-6-11-23(33)16-22)29(37)35-31-28(32(39)40-2)26-14-15-36(19-27(26)42-31)18-21-8-4-3-5-9-21/h3-13,16-17,20H,14-15,18-19H2,1-2H3,(H,34,38)(H,35,37). The molecule has 42 heavy (non-hydrogen) atoms. The van der Waals surface area contributed by atoms with E-state index in [1.54, 1.807) is 30.3 Å². The number of esters is 1. The van der Waals surface area contributed by atoms with Crippen molar-refractivity contribution in [3.05, 3.63) is 111 Å². The number of rotatable bonds is 9. The molecule has 0 radical (unpaired) electrons. The van der Waals surface area contributed by atoms with Gasteiger partial charge in [-0.25, -0.2) is 4.79 Å². The quantitative estimate of drug-likeness (QED) is 0.153. The summed E-state index contributed by atoms with van der Waals surface area (Å²) in [7, 11) is 1.36. The highest BCUT2D eigenvalue weighted by atomic mass is 35.5. The van der Waals surface area contributed by atoms with Gasteiger partial charge in [-0.1, -0.05) is 54.1 Å². The van der Waals surface area contributed by atoms with Gasteiger partial charge < -0.3 is 15.4 Å². The van der Waals surface area contributed by atoms with E-state index in [2.05, 4.69) is 27.7 Å². The molecule has 0 bridgehead atoms. The molecular weight excluding hydrogens is 590 g/mol.